The highest BCUT2D eigenvalue weighted by Crippen LogP contribution is 2.08. The molecule has 0 aliphatic rings. The molecule has 1 rings (SSSR count). The summed E-state index contributed by atoms with van der Waals surface area (Å²) in [4.78, 5) is 0. The average molecular weight is 207 g/mol. The van der Waals surface area contributed by atoms with Crippen molar-refractivity contribution in [2.45, 2.75) is 26.3 Å². The van der Waals surface area contributed by atoms with E-state index in [1.54, 1.807) is 12.1 Å². The van der Waals surface area contributed by atoms with Crippen LogP contribution < -0.4 is 5.32 Å². The molecule has 0 aliphatic heterocycles. The molecule has 0 fully saturated rings. The van der Waals surface area contributed by atoms with E-state index in [0.717, 1.165) is 13.0 Å². The molecular weight excluding hydrogens is 189 g/mol. The van der Waals surface area contributed by atoms with Crippen LogP contribution in [0, 0.1) is 5.82 Å². The van der Waals surface area contributed by atoms with Gasteiger partial charge in [0.05, 0.1) is 0 Å². The van der Waals surface area contributed by atoms with Gasteiger partial charge in [0.15, 0.2) is 0 Å². The molecule has 0 amide bonds. The smallest absolute Gasteiger partial charge is 0.130 e. The summed E-state index contributed by atoms with van der Waals surface area (Å²) in [7, 11) is 0. The quantitative estimate of drug-likeness (QED) is 0.781. The molecule has 2 heteroatoms. The summed E-state index contributed by atoms with van der Waals surface area (Å²) in [6.45, 7) is 5.18. The minimum atomic E-state index is -0.170. The zero-order valence-electron chi connectivity index (χ0n) is 9.33. The molecule has 1 atom stereocenters. The van der Waals surface area contributed by atoms with Crippen LogP contribution in [0.4, 0.5) is 4.39 Å². The van der Waals surface area contributed by atoms with Gasteiger partial charge in [-0.25, -0.2) is 4.39 Å². The summed E-state index contributed by atoms with van der Waals surface area (Å²) in [6.07, 6.45) is 4.91. The van der Waals surface area contributed by atoms with Crippen molar-refractivity contribution in [3.63, 3.8) is 0 Å². The summed E-state index contributed by atoms with van der Waals surface area (Å²) >= 11 is 0. The molecule has 0 aromatic heterocycles. The van der Waals surface area contributed by atoms with Crippen molar-refractivity contribution in [3.8, 4) is 0 Å². The maximum atomic E-state index is 13.2. The lowest BCUT2D eigenvalue weighted by Gasteiger charge is -2.07. The molecule has 15 heavy (non-hydrogen) atoms. The van der Waals surface area contributed by atoms with Gasteiger partial charge >= 0.3 is 0 Å². The van der Waals surface area contributed by atoms with E-state index < -0.39 is 0 Å². The van der Waals surface area contributed by atoms with Crippen LogP contribution >= 0.6 is 0 Å². The minimum Gasteiger partial charge on any atom is -0.311 e. The molecule has 0 saturated carbocycles. The second kappa shape index (κ2) is 6.36. The summed E-state index contributed by atoms with van der Waals surface area (Å²) in [5, 5.41) is 3.31. The second-order valence-electron chi connectivity index (χ2n) is 3.62. The third-order valence-electron chi connectivity index (χ3n) is 2.19. The highest BCUT2D eigenvalue weighted by molar-refractivity contribution is 5.50. The zero-order valence-corrected chi connectivity index (χ0v) is 9.33. The average Bonchev–Trinajstić information content (AvgIpc) is 2.25. The van der Waals surface area contributed by atoms with Gasteiger partial charge in [-0.1, -0.05) is 37.3 Å². The first-order chi connectivity index (χ1) is 7.24. The summed E-state index contributed by atoms with van der Waals surface area (Å²) in [6, 6.07) is 7.07. The molecule has 1 N–H and O–H groups in total. The summed E-state index contributed by atoms with van der Waals surface area (Å²) in [5.74, 6) is -0.170. The van der Waals surface area contributed by atoms with Crippen LogP contribution in [0.2, 0.25) is 0 Å². The fraction of sp³-hybridized carbons (Fsp3) is 0.385. The van der Waals surface area contributed by atoms with Crippen LogP contribution in [0.15, 0.2) is 30.3 Å². The van der Waals surface area contributed by atoms with E-state index in [2.05, 4.69) is 19.2 Å². The first-order valence-corrected chi connectivity index (χ1v) is 5.40. The molecule has 1 aromatic rings. The monoisotopic (exact) mass is 207 g/mol. The Hall–Kier alpha value is -1.15. The topological polar surface area (TPSA) is 12.0 Å². The van der Waals surface area contributed by atoms with Crippen molar-refractivity contribution >= 4 is 6.08 Å². The van der Waals surface area contributed by atoms with Crippen molar-refractivity contribution in [1.82, 2.24) is 5.32 Å². The molecule has 0 bridgehead atoms. The predicted octanol–water partition coefficient (Wildman–Crippen LogP) is 3.23. The van der Waals surface area contributed by atoms with Crippen molar-refractivity contribution in [2.75, 3.05) is 6.54 Å². The Bertz CT molecular complexity index is 320. The number of rotatable bonds is 5. The van der Waals surface area contributed by atoms with Crippen LogP contribution in [-0.4, -0.2) is 12.6 Å². The largest absolute Gasteiger partial charge is 0.311 e. The van der Waals surface area contributed by atoms with Gasteiger partial charge in [0.25, 0.3) is 0 Å². The van der Waals surface area contributed by atoms with Crippen molar-refractivity contribution in [2.24, 2.45) is 0 Å². The Balaban J connectivity index is 2.53. The number of halogens is 1. The number of benzene rings is 1. The van der Waals surface area contributed by atoms with E-state index in [1.165, 1.54) is 6.07 Å². The number of nitrogens with one attached hydrogen (secondary N) is 1. The van der Waals surface area contributed by atoms with E-state index in [1.807, 2.05) is 18.2 Å². The minimum absolute atomic E-state index is 0.170. The Morgan fingerprint density at radius 2 is 2.13 bits per heavy atom. The normalized spacial score (nSPS) is 13.3. The number of hydrogen-bond acceptors (Lipinski definition) is 1. The van der Waals surface area contributed by atoms with Gasteiger partial charge in [-0.05, 0) is 26.0 Å². The Kier molecular flexibility index (Phi) is 5.05. The van der Waals surface area contributed by atoms with Gasteiger partial charge in [0.2, 0.25) is 0 Å². The maximum Gasteiger partial charge on any atom is 0.130 e. The fourth-order valence-electron chi connectivity index (χ4n) is 1.30. The fourth-order valence-corrected chi connectivity index (χ4v) is 1.30. The third kappa shape index (κ3) is 4.26. The van der Waals surface area contributed by atoms with Gasteiger partial charge < -0.3 is 5.32 Å². The molecule has 1 aromatic carbocycles. The van der Waals surface area contributed by atoms with Crippen LogP contribution in [0.1, 0.15) is 25.8 Å². The van der Waals surface area contributed by atoms with Crippen LogP contribution in [0.25, 0.3) is 6.08 Å². The molecule has 0 spiro atoms. The summed E-state index contributed by atoms with van der Waals surface area (Å²) < 4.78 is 13.2. The molecule has 0 radical (unpaired) electrons. The van der Waals surface area contributed by atoms with Gasteiger partial charge in [-0.15, -0.1) is 0 Å². The maximum absolute atomic E-state index is 13.2. The lowest BCUT2D eigenvalue weighted by Crippen LogP contribution is -2.24. The van der Waals surface area contributed by atoms with Gasteiger partial charge in [0, 0.05) is 11.6 Å². The predicted molar refractivity (Wildman–Crippen MR) is 63.2 cm³/mol. The van der Waals surface area contributed by atoms with Crippen molar-refractivity contribution in [3.05, 3.63) is 41.7 Å². The molecule has 0 aliphatic carbocycles. The lowest BCUT2D eigenvalue weighted by atomic mass is 10.1. The molecule has 1 nitrogen and oxygen atoms in total. The zero-order chi connectivity index (χ0) is 11.1. The molecule has 1 unspecified atom stereocenters. The Labute approximate surface area is 91.0 Å². The Morgan fingerprint density at radius 3 is 2.80 bits per heavy atom. The van der Waals surface area contributed by atoms with E-state index in [4.69, 9.17) is 0 Å². The van der Waals surface area contributed by atoms with E-state index in [9.17, 15) is 4.39 Å². The standard InChI is InChI=1S/C13H18FN/c1-3-10-15-11(2)8-9-12-6-4-5-7-13(12)14/h4-9,11,15H,3,10H2,1-2H3/b9-8+. The summed E-state index contributed by atoms with van der Waals surface area (Å²) in [5.41, 5.74) is 0.641. The van der Waals surface area contributed by atoms with Crippen LogP contribution in [0.5, 0.6) is 0 Å². The van der Waals surface area contributed by atoms with Crippen molar-refractivity contribution in [1.29, 1.82) is 0 Å². The highest BCUT2D eigenvalue weighted by Gasteiger charge is 1.97. The van der Waals surface area contributed by atoms with Crippen LogP contribution in [-0.2, 0) is 0 Å². The molecule has 0 heterocycles. The first kappa shape index (κ1) is 11.9. The van der Waals surface area contributed by atoms with Gasteiger partial charge in [-0.2, -0.15) is 0 Å². The van der Waals surface area contributed by atoms with E-state index in [-0.39, 0.29) is 11.9 Å². The number of hydrogen-bond donors (Lipinski definition) is 1. The molecular formula is C13H18FN. The van der Waals surface area contributed by atoms with Crippen molar-refractivity contribution < 1.29 is 4.39 Å². The SMILES string of the molecule is CCCNC(C)/C=C/c1ccccc1F. The Morgan fingerprint density at radius 1 is 1.40 bits per heavy atom. The highest BCUT2D eigenvalue weighted by atomic mass is 19.1. The lowest BCUT2D eigenvalue weighted by molar-refractivity contribution is 0.620. The third-order valence-corrected chi connectivity index (χ3v) is 2.19. The molecule has 82 valence electrons. The van der Waals surface area contributed by atoms with E-state index in [0.29, 0.717) is 5.56 Å². The molecule has 0 saturated heterocycles. The first-order valence-electron chi connectivity index (χ1n) is 5.40. The second-order valence-corrected chi connectivity index (χ2v) is 3.62. The van der Waals surface area contributed by atoms with Gasteiger partial charge in [0.1, 0.15) is 5.82 Å². The van der Waals surface area contributed by atoms with Crippen LogP contribution in [0.3, 0.4) is 0 Å². The van der Waals surface area contributed by atoms with Gasteiger partial charge in [-0.3, -0.25) is 0 Å². The van der Waals surface area contributed by atoms with E-state index >= 15 is 0 Å².